The van der Waals surface area contributed by atoms with Gasteiger partial charge in [0.15, 0.2) is 11.5 Å². The summed E-state index contributed by atoms with van der Waals surface area (Å²) in [5.41, 5.74) is 1.55. The maximum atomic E-state index is 5.84. The number of fused-ring (bicyclic) bond motifs is 1. The van der Waals surface area contributed by atoms with Crippen LogP contribution in [0.3, 0.4) is 0 Å². The van der Waals surface area contributed by atoms with E-state index in [1.807, 2.05) is 48.5 Å². The largest absolute Gasteiger partial charge is 0.493 e. The summed E-state index contributed by atoms with van der Waals surface area (Å²) >= 11 is 0. The molecule has 0 fully saturated rings. The van der Waals surface area contributed by atoms with E-state index in [-0.39, 0.29) is 0 Å². The minimum Gasteiger partial charge on any atom is -0.493 e. The second-order valence-electron chi connectivity index (χ2n) is 5.84. The first-order valence-corrected chi connectivity index (χ1v) is 8.53. The molecule has 0 unspecified atom stereocenters. The van der Waals surface area contributed by atoms with Gasteiger partial charge in [0.1, 0.15) is 11.6 Å². The summed E-state index contributed by atoms with van der Waals surface area (Å²) in [6, 6.07) is 16.8. The number of hydrogen-bond donors (Lipinski definition) is 1. The predicted octanol–water partition coefficient (Wildman–Crippen LogP) is 4.55. The van der Waals surface area contributed by atoms with Gasteiger partial charge in [-0.05, 0) is 42.3 Å². The van der Waals surface area contributed by atoms with Crippen molar-refractivity contribution in [3.8, 4) is 29.6 Å². The molecule has 0 radical (unpaired) electrons. The van der Waals surface area contributed by atoms with Crippen LogP contribution in [0.25, 0.3) is 10.9 Å². The zero-order valence-electron chi connectivity index (χ0n) is 15.1. The van der Waals surface area contributed by atoms with E-state index in [9.17, 15) is 0 Å². The molecule has 4 rings (SSSR count). The Hall–Kier alpha value is -4.11. The van der Waals surface area contributed by atoms with Crippen molar-refractivity contribution in [2.45, 2.75) is 0 Å². The minimum atomic E-state index is 0.324. The highest BCUT2D eigenvalue weighted by Crippen LogP contribution is 2.35. The van der Waals surface area contributed by atoms with Gasteiger partial charge in [0, 0.05) is 23.3 Å². The standard InChI is InChI=1S/C22H16N4O2/c1-3-21-25-18-9-5-4-8-17(18)22(26-21)24-15-10-11-19(20(13-15)27-2)28-16-7-6-12-23-14-16/h1,4-14H,2H3,(H,24,25,26). The Morgan fingerprint density at radius 3 is 2.68 bits per heavy atom. The number of pyridine rings is 1. The minimum absolute atomic E-state index is 0.324. The third kappa shape index (κ3) is 3.55. The average Bonchev–Trinajstić information content (AvgIpc) is 2.75. The SMILES string of the molecule is C#Cc1nc(Nc2ccc(Oc3cccnc3)c(OC)c2)c2ccccc2n1. The van der Waals surface area contributed by atoms with E-state index < -0.39 is 0 Å². The molecule has 0 amide bonds. The Kier molecular flexibility index (Phi) is 4.72. The molecule has 1 N–H and O–H groups in total. The van der Waals surface area contributed by atoms with E-state index in [1.54, 1.807) is 25.6 Å². The van der Waals surface area contributed by atoms with Crippen LogP contribution in [0.5, 0.6) is 17.2 Å². The zero-order valence-corrected chi connectivity index (χ0v) is 15.1. The van der Waals surface area contributed by atoms with Gasteiger partial charge in [-0.2, -0.15) is 0 Å². The molecular weight excluding hydrogens is 352 g/mol. The van der Waals surface area contributed by atoms with Crippen LogP contribution in [0.2, 0.25) is 0 Å². The van der Waals surface area contributed by atoms with Gasteiger partial charge in [-0.15, -0.1) is 6.42 Å². The van der Waals surface area contributed by atoms with Crippen LogP contribution in [0.15, 0.2) is 67.0 Å². The van der Waals surface area contributed by atoms with Gasteiger partial charge in [0.25, 0.3) is 0 Å². The van der Waals surface area contributed by atoms with Crippen LogP contribution in [-0.4, -0.2) is 22.1 Å². The van der Waals surface area contributed by atoms with Crippen molar-refractivity contribution in [3.63, 3.8) is 0 Å². The topological polar surface area (TPSA) is 69.2 Å². The number of terminal acetylenes is 1. The van der Waals surface area contributed by atoms with E-state index in [0.717, 1.165) is 16.6 Å². The number of rotatable bonds is 5. The predicted molar refractivity (Wildman–Crippen MR) is 108 cm³/mol. The Labute approximate surface area is 162 Å². The van der Waals surface area contributed by atoms with Crippen molar-refractivity contribution >= 4 is 22.4 Å². The van der Waals surface area contributed by atoms with Crippen molar-refractivity contribution in [1.29, 1.82) is 0 Å². The molecule has 0 atom stereocenters. The molecule has 2 aromatic heterocycles. The monoisotopic (exact) mass is 368 g/mol. The summed E-state index contributed by atoms with van der Waals surface area (Å²) in [5.74, 6) is 5.22. The smallest absolute Gasteiger partial charge is 0.207 e. The molecule has 0 saturated carbocycles. The molecule has 0 spiro atoms. The van der Waals surface area contributed by atoms with E-state index >= 15 is 0 Å². The second-order valence-corrected chi connectivity index (χ2v) is 5.84. The van der Waals surface area contributed by atoms with Gasteiger partial charge >= 0.3 is 0 Å². The van der Waals surface area contributed by atoms with E-state index in [4.69, 9.17) is 15.9 Å². The first-order chi connectivity index (χ1) is 13.8. The second kappa shape index (κ2) is 7.64. The number of ether oxygens (including phenoxy) is 2. The first kappa shape index (κ1) is 17.3. The summed E-state index contributed by atoms with van der Waals surface area (Å²) in [5, 5.41) is 4.16. The molecule has 0 saturated heterocycles. The highest BCUT2D eigenvalue weighted by molar-refractivity contribution is 5.91. The van der Waals surface area contributed by atoms with Crippen LogP contribution < -0.4 is 14.8 Å². The molecule has 0 bridgehead atoms. The van der Waals surface area contributed by atoms with Crippen LogP contribution in [-0.2, 0) is 0 Å². The lowest BCUT2D eigenvalue weighted by molar-refractivity contribution is 0.378. The molecular formula is C22H16N4O2. The van der Waals surface area contributed by atoms with Crippen molar-refractivity contribution in [2.24, 2.45) is 0 Å². The number of anilines is 2. The quantitative estimate of drug-likeness (QED) is 0.521. The van der Waals surface area contributed by atoms with Crippen molar-refractivity contribution in [2.75, 3.05) is 12.4 Å². The van der Waals surface area contributed by atoms with Crippen molar-refractivity contribution in [1.82, 2.24) is 15.0 Å². The number of methoxy groups -OCH3 is 1. The molecule has 2 aromatic carbocycles. The molecule has 0 aliphatic carbocycles. The normalized spacial score (nSPS) is 10.3. The average molecular weight is 368 g/mol. The number of benzene rings is 2. The summed E-state index contributed by atoms with van der Waals surface area (Å²) in [4.78, 5) is 12.8. The fraction of sp³-hybridized carbons (Fsp3) is 0.0455. The molecule has 4 aromatic rings. The summed E-state index contributed by atoms with van der Waals surface area (Å²) in [6.07, 6.45) is 8.82. The number of hydrogen-bond acceptors (Lipinski definition) is 6. The van der Waals surface area contributed by atoms with Crippen LogP contribution in [0, 0.1) is 12.3 Å². The van der Waals surface area contributed by atoms with Gasteiger partial charge in [-0.3, -0.25) is 4.98 Å². The van der Waals surface area contributed by atoms with Gasteiger partial charge in [0.05, 0.1) is 18.8 Å². The maximum absolute atomic E-state index is 5.84. The van der Waals surface area contributed by atoms with E-state index in [1.165, 1.54) is 0 Å². The van der Waals surface area contributed by atoms with Crippen molar-refractivity contribution < 1.29 is 9.47 Å². The van der Waals surface area contributed by atoms with Crippen LogP contribution in [0.1, 0.15) is 5.82 Å². The molecule has 136 valence electrons. The van der Waals surface area contributed by atoms with Gasteiger partial charge in [0.2, 0.25) is 5.82 Å². The number of para-hydroxylation sites is 1. The highest BCUT2D eigenvalue weighted by atomic mass is 16.5. The van der Waals surface area contributed by atoms with Crippen LogP contribution >= 0.6 is 0 Å². The Bertz CT molecular complexity index is 1170. The lowest BCUT2D eigenvalue weighted by atomic mass is 10.2. The van der Waals surface area contributed by atoms with E-state index in [0.29, 0.717) is 28.9 Å². The van der Waals surface area contributed by atoms with Gasteiger partial charge in [-0.1, -0.05) is 12.1 Å². The van der Waals surface area contributed by atoms with Crippen LogP contribution in [0.4, 0.5) is 11.5 Å². The van der Waals surface area contributed by atoms with Gasteiger partial charge in [-0.25, -0.2) is 9.97 Å². The van der Waals surface area contributed by atoms with E-state index in [2.05, 4.69) is 26.2 Å². The Morgan fingerprint density at radius 2 is 1.89 bits per heavy atom. The molecule has 2 heterocycles. The highest BCUT2D eigenvalue weighted by Gasteiger charge is 2.10. The molecule has 0 aliphatic heterocycles. The Morgan fingerprint density at radius 1 is 1.00 bits per heavy atom. The fourth-order valence-corrected chi connectivity index (χ4v) is 2.74. The number of aromatic nitrogens is 3. The zero-order chi connectivity index (χ0) is 19.3. The fourth-order valence-electron chi connectivity index (χ4n) is 2.74. The Balaban J connectivity index is 1.68. The first-order valence-electron chi connectivity index (χ1n) is 8.53. The molecule has 6 nitrogen and oxygen atoms in total. The summed E-state index contributed by atoms with van der Waals surface area (Å²) < 4.78 is 11.3. The lowest BCUT2D eigenvalue weighted by Gasteiger charge is -2.13. The molecule has 0 aliphatic rings. The van der Waals surface area contributed by atoms with Crippen molar-refractivity contribution in [3.05, 3.63) is 72.8 Å². The summed E-state index contributed by atoms with van der Waals surface area (Å²) in [6.45, 7) is 0. The summed E-state index contributed by atoms with van der Waals surface area (Å²) in [7, 11) is 1.59. The molecule has 28 heavy (non-hydrogen) atoms. The lowest BCUT2D eigenvalue weighted by Crippen LogP contribution is -2.00. The number of nitrogens with zero attached hydrogens (tertiary/aromatic N) is 3. The third-order valence-electron chi connectivity index (χ3n) is 4.02. The third-order valence-corrected chi connectivity index (χ3v) is 4.02. The maximum Gasteiger partial charge on any atom is 0.207 e. The number of nitrogens with one attached hydrogen (secondary N) is 1. The molecule has 6 heteroatoms. The van der Waals surface area contributed by atoms with Gasteiger partial charge < -0.3 is 14.8 Å².